The van der Waals surface area contributed by atoms with Crippen LogP contribution in [0.15, 0.2) is 0 Å². The van der Waals surface area contributed by atoms with Gasteiger partial charge in [0, 0.05) is 38.4 Å². The van der Waals surface area contributed by atoms with Gasteiger partial charge in [-0.25, -0.2) is 0 Å². The molecule has 0 bridgehead atoms. The Kier molecular flexibility index (Phi) is 3.93. The first kappa shape index (κ1) is 11.6. The summed E-state index contributed by atoms with van der Waals surface area (Å²) in [6.45, 7) is 3.47. The fraction of sp³-hybridized carbons (Fsp3) is 0.833. The van der Waals surface area contributed by atoms with Crippen LogP contribution in [0.25, 0.3) is 0 Å². The molecule has 1 saturated heterocycles. The van der Waals surface area contributed by atoms with E-state index in [1.165, 1.54) is 0 Å². The highest BCUT2D eigenvalue weighted by molar-refractivity contribution is 5.82. The standard InChI is InChI=1S/C12H20N2O2/c15-11-3-1-2-10(11)4-7-14-8-5-12(16)13-6-9-14/h10H,1-9H2,(H,13,16). The molecular weight excluding hydrogens is 204 g/mol. The summed E-state index contributed by atoms with van der Waals surface area (Å²) in [5.41, 5.74) is 0. The van der Waals surface area contributed by atoms with Crippen molar-refractivity contribution in [3.05, 3.63) is 0 Å². The van der Waals surface area contributed by atoms with Crippen molar-refractivity contribution < 1.29 is 9.59 Å². The van der Waals surface area contributed by atoms with Gasteiger partial charge in [0.1, 0.15) is 5.78 Å². The second-order valence-corrected chi connectivity index (χ2v) is 4.79. The fourth-order valence-electron chi connectivity index (χ4n) is 2.57. The number of nitrogens with one attached hydrogen (secondary N) is 1. The highest BCUT2D eigenvalue weighted by Gasteiger charge is 2.24. The topological polar surface area (TPSA) is 49.4 Å². The number of carbonyl (C=O) groups is 2. The first-order valence-electron chi connectivity index (χ1n) is 6.27. The van der Waals surface area contributed by atoms with Crippen molar-refractivity contribution in [2.24, 2.45) is 5.92 Å². The lowest BCUT2D eigenvalue weighted by Crippen LogP contribution is -2.30. The molecule has 1 heterocycles. The molecule has 0 spiro atoms. The predicted molar refractivity (Wildman–Crippen MR) is 61.0 cm³/mol. The lowest BCUT2D eigenvalue weighted by molar-refractivity contribution is -0.121. The van der Waals surface area contributed by atoms with Crippen molar-refractivity contribution in [2.45, 2.75) is 32.1 Å². The Morgan fingerprint density at radius 1 is 1.25 bits per heavy atom. The summed E-state index contributed by atoms with van der Waals surface area (Å²) in [5, 5.41) is 2.86. The highest BCUT2D eigenvalue weighted by atomic mass is 16.1. The number of Topliss-reactive ketones (excluding diaryl/α,β-unsaturated/α-hetero) is 1. The van der Waals surface area contributed by atoms with Gasteiger partial charge in [-0.05, 0) is 25.8 Å². The third-order valence-electron chi connectivity index (χ3n) is 3.63. The van der Waals surface area contributed by atoms with Crippen molar-refractivity contribution in [3.63, 3.8) is 0 Å². The van der Waals surface area contributed by atoms with Gasteiger partial charge in [-0.3, -0.25) is 9.59 Å². The molecule has 1 aliphatic heterocycles. The smallest absolute Gasteiger partial charge is 0.221 e. The molecule has 90 valence electrons. The van der Waals surface area contributed by atoms with Gasteiger partial charge in [-0.1, -0.05) is 0 Å². The maximum atomic E-state index is 11.5. The second-order valence-electron chi connectivity index (χ2n) is 4.79. The molecule has 0 aromatic rings. The average Bonchev–Trinajstić information content (AvgIpc) is 2.55. The Hall–Kier alpha value is -0.900. The summed E-state index contributed by atoms with van der Waals surface area (Å²) >= 11 is 0. The molecule has 1 aliphatic carbocycles. The first-order chi connectivity index (χ1) is 7.75. The molecule has 0 aromatic heterocycles. The van der Waals surface area contributed by atoms with E-state index in [4.69, 9.17) is 0 Å². The third-order valence-corrected chi connectivity index (χ3v) is 3.63. The summed E-state index contributed by atoms with van der Waals surface area (Å²) in [6.07, 6.45) is 4.50. The Balaban J connectivity index is 1.72. The molecule has 2 fully saturated rings. The van der Waals surface area contributed by atoms with Gasteiger partial charge in [0.2, 0.25) is 5.91 Å². The molecule has 2 aliphatic rings. The molecule has 1 saturated carbocycles. The SMILES string of the molecule is O=C1CCN(CCC2CCCC2=O)CCN1. The van der Waals surface area contributed by atoms with Crippen molar-refractivity contribution in [1.29, 1.82) is 0 Å². The van der Waals surface area contributed by atoms with Crippen molar-refractivity contribution in [3.8, 4) is 0 Å². The molecule has 4 heteroatoms. The molecule has 1 amide bonds. The van der Waals surface area contributed by atoms with E-state index in [1.807, 2.05) is 0 Å². The number of hydrogen-bond acceptors (Lipinski definition) is 3. The molecule has 1 N–H and O–H groups in total. The van der Waals surface area contributed by atoms with E-state index in [0.717, 1.165) is 51.9 Å². The molecule has 0 radical (unpaired) electrons. The highest BCUT2D eigenvalue weighted by Crippen LogP contribution is 2.24. The van der Waals surface area contributed by atoms with Gasteiger partial charge in [-0.15, -0.1) is 0 Å². The van der Waals surface area contributed by atoms with Crippen LogP contribution in [-0.2, 0) is 9.59 Å². The van der Waals surface area contributed by atoms with E-state index in [-0.39, 0.29) is 5.91 Å². The van der Waals surface area contributed by atoms with Crippen molar-refractivity contribution >= 4 is 11.7 Å². The largest absolute Gasteiger partial charge is 0.355 e. The maximum Gasteiger partial charge on any atom is 0.221 e. The Bertz CT molecular complexity index is 278. The minimum Gasteiger partial charge on any atom is -0.355 e. The van der Waals surface area contributed by atoms with E-state index in [0.29, 0.717) is 18.1 Å². The van der Waals surface area contributed by atoms with Crippen molar-refractivity contribution in [2.75, 3.05) is 26.2 Å². The molecular formula is C12H20N2O2. The fourth-order valence-corrected chi connectivity index (χ4v) is 2.57. The zero-order chi connectivity index (χ0) is 11.4. The molecule has 0 aromatic carbocycles. The van der Waals surface area contributed by atoms with Gasteiger partial charge in [0.05, 0.1) is 0 Å². The van der Waals surface area contributed by atoms with Crippen LogP contribution in [0.2, 0.25) is 0 Å². The number of carbonyl (C=O) groups excluding carboxylic acids is 2. The maximum absolute atomic E-state index is 11.5. The lowest BCUT2D eigenvalue weighted by Gasteiger charge is -2.20. The Labute approximate surface area is 96.4 Å². The van der Waals surface area contributed by atoms with Gasteiger partial charge < -0.3 is 10.2 Å². The van der Waals surface area contributed by atoms with E-state index < -0.39 is 0 Å². The number of amides is 1. The normalized spacial score (nSPS) is 27.9. The zero-order valence-corrected chi connectivity index (χ0v) is 9.71. The van der Waals surface area contributed by atoms with Gasteiger partial charge in [0.15, 0.2) is 0 Å². The van der Waals surface area contributed by atoms with Crippen LogP contribution in [-0.4, -0.2) is 42.8 Å². The lowest BCUT2D eigenvalue weighted by atomic mass is 10.0. The monoisotopic (exact) mass is 224 g/mol. The van der Waals surface area contributed by atoms with Crippen LogP contribution in [0.4, 0.5) is 0 Å². The third kappa shape index (κ3) is 3.04. The number of hydrogen-bond donors (Lipinski definition) is 1. The molecule has 1 unspecified atom stereocenters. The number of nitrogens with zero attached hydrogens (tertiary/aromatic N) is 1. The van der Waals surface area contributed by atoms with Crippen molar-refractivity contribution in [1.82, 2.24) is 10.2 Å². The molecule has 1 atom stereocenters. The number of ketones is 1. The first-order valence-corrected chi connectivity index (χ1v) is 6.27. The van der Waals surface area contributed by atoms with E-state index >= 15 is 0 Å². The summed E-state index contributed by atoms with van der Waals surface area (Å²) in [4.78, 5) is 24.9. The quantitative estimate of drug-likeness (QED) is 0.762. The Morgan fingerprint density at radius 2 is 2.12 bits per heavy atom. The minimum absolute atomic E-state index is 0.152. The van der Waals surface area contributed by atoms with Gasteiger partial charge in [0.25, 0.3) is 0 Å². The number of rotatable bonds is 3. The van der Waals surface area contributed by atoms with Crippen LogP contribution in [0, 0.1) is 5.92 Å². The predicted octanol–water partition coefficient (Wildman–Crippen LogP) is 0.568. The second kappa shape index (κ2) is 5.43. The Morgan fingerprint density at radius 3 is 2.88 bits per heavy atom. The summed E-state index contributed by atoms with van der Waals surface area (Å²) < 4.78 is 0. The summed E-state index contributed by atoms with van der Waals surface area (Å²) in [6, 6.07) is 0. The molecule has 16 heavy (non-hydrogen) atoms. The van der Waals surface area contributed by atoms with Gasteiger partial charge in [-0.2, -0.15) is 0 Å². The molecule has 2 rings (SSSR count). The van der Waals surface area contributed by atoms with Crippen LogP contribution < -0.4 is 5.32 Å². The van der Waals surface area contributed by atoms with Crippen LogP contribution >= 0.6 is 0 Å². The average molecular weight is 224 g/mol. The minimum atomic E-state index is 0.152. The van der Waals surface area contributed by atoms with E-state index in [2.05, 4.69) is 10.2 Å². The van der Waals surface area contributed by atoms with Crippen LogP contribution in [0.1, 0.15) is 32.1 Å². The van der Waals surface area contributed by atoms with E-state index in [1.54, 1.807) is 0 Å². The van der Waals surface area contributed by atoms with Crippen LogP contribution in [0.3, 0.4) is 0 Å². The zero-order valence-electron chi connectivity index (χ0n) is 9.71. The van der Waals surface area contributed by atoms with Crippen LogP contribution in [0.5, 0.6) is 0 Å². The summed E-state index contributed by atoms with van der Waals surface area (Å²) in [7, 11) is 0. The van der Waals surface area contributed by atoms with E-state index in [9.17, 15) is 9.59 Å². The van der Waals surface area contributed by atoms with Gasteiger partial charge >= 0.3 is 0 Å². The summed E-state index contributed by atoms with van der Waals surface area (Å²) in [5.74, 6) is 0.898. The molecule has 4 nitrogen and oxygen atoms in total.